The molecule has 0 fully saturated rings. The van der Waals surface area contributed by atoms with Crippen molar-refractivity contribution >= 4 is 11.9 Å². The summed E-state index contributed by atoms with van der Waals surface area (Å²) in [5, 5.41) is 9.06. The number of fused-ring (bicyclic) bond motifs is 3. The van der Waals surface area contributed by atoms with Crippen LogP contribution in [0.3, 0.4) is 0 Å². The Kier molecular flexibility index (Phi) is 5.14. The van der Waals surface area contributed by atoms with Gasteiger partial charge in [0, 0.05) is 5.92 Å². The molecule has 0 aliphatic heterocycles. The monoisotopic (exact) mass is 387 g/mol. The first-order valence-corrected chi connectivity index (χ1v) is 9.48. The van der Waals surface area contributed by atoms with Crippen molar-refractivity contribution in [1.82, 2.24) is 0 Å². The molecular weight excluding hydrogens is 366 g/mol. The second-order valence-corrected chi connectivity index (χ2v) is 7.13. The van der Waals surface area contributed by atoms with Crippen molar-refractivity contribution in [2.45, 2.75) is 18.4 Å². The summed E-state index contributed by atoms with van der Waals surface area (Å²) < 4.78 is 5.68. The van der Waals surface area contributed by atoms with E-state index in [2.05, 4.69) is 24.3 Å². The van der Waals surface area contributed by atoms with Gasteiger partial charge in [-0.05, 0) is 40.3 Å². The molecule has 3 N–H and O–H groups in total. The smallest absolute Gasteiger partial charge is 0.338 e. The maximum atomic E-state index is 12.8. The highest BCUT2D eigenvalue weighted by molar-refractivity contribution is 5.91. The molecule has 1 atom stereocenters. The predicted octanol–water partition coefficient (Wildman–Crippen LogP) is 3.61. The van der Waals surface area contributed by atoms with Gasteiger partial charge in [0.2, 0.25) is 0 Å². The Labute approximate surface area is 168 Å². The number of carboxylic acids is 1. The SMILES string of the molecule is N[C@H](Cc1ccccc1C(=O)OCC1c2ccccc2-c2ccccc21)C(=O)O. The number of hydrogen-bond donors (Lipinski definition) is 2. The van der Waals surface area contributed by atoms with Crippen LogP contribution in [-0.4, -0.2) is 29.7 Å². The number of nitrogens with two attached hydrogens (primary N) is 1. The van der Waals surface area contributed by atoms with Crippen LogP contribution < -0.4 is 5.73 Å². The van der Waals surface area contributed by atoms with Gasteiger partial charge in [0.1, 0.15) is 12.6 Å². The minimum Gasteiger partial charge on any atom is -0.480 e. The first kappa shape index (κ1) is 18.9. The van der Waals surface area contributed by atoms with Crippen LogP contribution in [0, 0.1) is 0 Å². The highest BCUT2D eigenvalue weighted by Crippen LogP contribution is 2.44. The van der Waals surface area contributed by atoms with E-state index in [4.69, 9.17) is 15.6 Å². The number of carbonyl (C=O) groups is 2. The second-order valence-electron chi connectivity index (χ2n) is 7.13. The lowest BCUT2D eigenvalue weighted by molar-refractivity contribution is -0.138. The molecule has 0 saturated heterocycles. The van der Waals surface area contributed by atoms with Crippen LogP contribution in [-0.2, 0) is 16.0 Å². The van der Waals surface area contributed by atoms with E-state index in [1.54, 1.807) is 24.3 Å². The van der Waals surface area contributed by atoms with Gasteiger partial charge in [-0.2, -0.15) is 0 Å². The number of hydrogen-bond acceptors (Lipinski definition) is 4. The molecule has 0 heterocycles. The molecule has 3 aromatic rings. The van der Waals surface area contributed by atoms with Crippen LogP contribution in [0.2, 0.25) is 0 Å². The molecule has 5 heteroatoms. The molecule has 0 bridgehead atoms. The third-order valence-electron chi connectivity index (χ3n) is 5.34. The second kappa shape index (κ2) is 7.89. The zero-order valence-corrected chi connectivity index (χ0v) is 15.7. The van der Waals surface area contributed by atoms with Crippen molar-refractivity contribution in [2.75, 3.05) is 6.61 Å². The Hall–Kier alpha value is -3.44. The molecule has 0 unspecified atom stereocenters. The summed E-state index contributed by atoms with van der Waals surface area (Å²) in [6, 6.07) is 22.0. The predicted molar refractivity (Wildman–Crippen MR) is 110 cm³/mol. The van der Waals surface area contributed by atoms with Crippen LogP contribution in [0.4, 0.5) is 0 Å². The number of aliphatic carboxylic acids is 1. The van der Waals surface area contributed by atoms with Crippen LogP contribution in [0.1, 0.15) is 33.0 Å². The van der Waals surface area contributed by atoms with Gasteiger partial charge in [0.25, 0.3) is 0 Å². The largest absolute Gasteiger partial charge is 0.480 e. The average Bonchev–Trinajstić information content (AvgIpc) is 3.06. The van der Waals surface area contributed by atoms with Gasteiger partial charge in [-0.15, -0.1) is 0 Å². The molecule has 1 aliphatic carbocycles. The lowest BCUT2D eigenvalue weighted by Crippen LogP contribution is -2.32. The maximum absolute atomic E-state index is 12.8. The van der Waals surface area contributed by atoms with Gasteiger partial charge in [-0.1, -0.05) is 66.7 Å². The number of benzene rings is 3. The topological polar surface area (TPSA) is 89.6 Å². The maximum Gasteiger partial charge on any atom is 0.338 e. The van der Waals surface area contributed by atoms with Gasteiger partial charge in [-0.25, -0.2) is 4.79 Å². The lowest BCUT2D eigenvalue weighted by atomic mass is 9.98. The molecule has 0 spiro atoms. The van der Waals surface area contributed by atoms with E-state index >= 15 is 0 Å². The first-order valence-electron chi connectivity index (χ1n) is 9.48. The fraction of sp³-hybridized carbons (Fsp3) is 0.167. The summed E-state index contributed by atoms with van der Waals surface area (Å²) >= 11 is 0. The molecule has 0 amide bonds. The van der Waals surface area contributed by atoms with Crippen molar-refractivity contribution in [1.29, 1.82) is 0 Å². The molecule has 29 heavy (non-hydrogen) atoms. The summed E-state index contributed by atoms with van der Waals surface area (Å²) in [7, 11) is 0. The van der Waals surface area contributed by atoms with Crippen LogP contribution >= 0.6 is 0 Å². The third kappa shape index (κ3) is 3.65. The lowest BCUT2D eigenvalue weighted by Gasteiger charge is -2.16. The molecule has 5 nitrogen and oxygen atoms in total. The van der Waals surface area contributed by atoms with E-state index < -0.39 is 18.0 Å². The molecule has 0 radical (unpaired) electrons. The molecule has 1 aliphatic rings. The number of esters is 1. The summed E-state index contributed by atoms with van der Waals surface area (Å²) in [5.41, 5.74) is 11.2. The zero-order chi connectivity index (χ0) is 20.4. The van der Waals surface area contributed by atoms with Crippen molar-refractivity contribution < 1.29 is 19.4 Å². The van der Waals surface area contributed by atoms with E-state index in [0.717, 1.165) is 22.3 Å². The van der Waals surface area contributed by atoms with E-state index in [0.29, 0.717) is 11.1 Å². The van der Waals surface area contributed by atoms with Gasteiger partial charge in [-0.3, -0.25) is 4.79 Å². The van der Waals surface area contributed by atoms with Gasteiger partial charge in [0.15, 0.2) is 0 Å². The number of carboxylic acid groups (broad SMARTS) is 1. The van der Waals surface area contributed by atoms with E-state index in [1.807, 2.05) is 24.3 Å². The third-order valence-corrected chi connectivity index (χ3v) is 5.34. The Balaban J connectivity index is 1.55. The summed E-state index contributed by atoms with van der Waals surface area (Å²) in [5.74, 6) is -1.60. The van der Waals surface area contributed by atoms with Crippen LogP contribution in [0.5, 0.6) is 0 Å². The minimum atomic E-state index is -1.10. The zero-order valence-electron chi connectivity index (χ0n) is 15.7. The fourth-order valence-corrected chi connectivity index (χ4v) is 3.90. The molecule has 0 aromatic heterocycles. The number of rotatable bonds is 6. The number of ether oxygens (including phenoxy) is 1. The van der Waals surface area contributed by atoms with Crippen molar-refractivity contribution in [2.24, 2.45) is 5.73 Å². The Morgan fingerprint density at radius 2 is 1.45 bits per heavy atom. The van der Waals surface area contributed by atoms with Crippen LogP contribution in [0.25, 0.3) is 11.1 Å². The molecule has 146 valence electrons. The normalized spacial score (nSPS) is 13.4. The Morgan fingerprint density at radius 1 is 0.897 bits per heavy atom. The standard InChI is InChI=1S/C24H21NO4/c25-22(23(26)27)13-15-7-1-2-8-16(15)24(28)29-14-21-19-11-5-3-9-17(19)18-10-4-6-12-20(18)21/h1-12,21-22H,13-14,25H2,(H,26,27)/t22-/m1/s1. The quantitative estimate of drug-likeness (QED) is 0.631. The molecule has 3 aromatic carbocycles. The first-order chi connectivity index (χ1) is 14.1. The van der Waals surface area contributed by atoms with E-state index in [1.165, 1.54) is 0 Å². The van der Waals surface area contributed by atoms with Gasteiger partial charge < -0.3 is 15.6 Å². The van der Waals surface area contributed by atoms with E-state index in [9.17, 15) is 9.59 Å². The minimum absolute atomic E-state index is 0.0280. The fourth-order valence-electron chi connectivity index (χ4n) is 3.90. The van der Waals surface area contributed by atoms with Gasteiger partial charge in [0.05, 0.1) is 5.56 Å². The summed E-state index contributed by atoms with van der Waals surface area (Å²) in [6.07, 6.45) is 0.0652. The molecule has 0 saturated carbocycles. The highest BCUT2D eigenvalue weighted by atomic mass is 16.5. The van der Waals surface area contributed by atoms with Crippen LogP contribution in [0.15, 0.2) is 72.8 Å². The van der Waals surface area contributed by atoms with Crippen molar-refractivity contribution in [3.63, 3.8) is 0 Å². The summed E-state index contributed by atoms with van der Waals surface area (Å²) in [6.45, 7) is 0.214. The van der Waals surface area contributed by atoms with Crippen molar-refractivity contribution in [3.8, 4) is 11.1 Å². The Morgan fingerprint density at radius 3 is 2.07 bits per heavy atom. The summed E-state index contributed by atoms with van der Waals surface area (Å²) in [4.78, 5) is 23.9. The van der Waals surface area contributed by atoms with Gasteiger partial charge >= 0.3 is 11.9 Å². The average molecular weight is 387 g/mol. The van der Waals surface area contributed by atoms with Crippen molar-refractivity contribution in [3.05, 3.63) is 95.1 Å². The highest BCUT2D eigenvalue weighted by Gasteiger charge is 2.29. The molecule has 4 rings (SSSR count). The molecular formula is C24H21NO4. The number of carbonyl (C=O) groups excluding carboxylic acids is 1. The Bertz CT molecular complexity index is 1030. The van der Waals surface area contributed by atoms with E-state index in [-0.39, 0.29) is 18.9 Å².